The van der Waals surface area contributed by atoms with Gasteiger partial charge >= 0.3 is 6.18 Å². The predicted molar refractivity (Wildman–Crippen MR) is 159 cm³/mol. The second-order valence-corrected chi connectivity index (χ2v) is 11.2. The van der Waals surface area contributed by atoms with Crippen LogP contribution in [0.2, 0.25) is 0 Å². The second kappa shape index (κ2) is 12.5. The predicted octanol–water partition coefficient (Wildman–Crippen LogP) is 4.10. The van der Waals surface area contributed by atoms with Gasteiger partial charge in [-0.3, -0.25) is 14.5 Å². The highest BCUT2D eigenvalue weighted by Gasteiger charge is 2.37. The maximum absolute atomic E-state index is 15.8. The van der Waals surface area contributed by atoms with Crippen molar-refractivity contribution >= 4 is 23.2 Å². The highest BCUT2D eigenvalue weighted by molar-refractivity contribution is 6.07. The molecule has 2 aromatic heterocycles. The van der Waals surface area contributed by atoms with E-state index in [1.807, 2.05) is 30.7 Å². The number of nitrogens with zero attached hydrogens (tertiary/aromatic N) is 6. The number of aryl methyl sites for hydroxylation is 1. The van der Waals surface area contributed by atoms with E-state index in [0.717, 1.165) is 10.8 Å². The van der Waals surface area contributed by atoms with Crippen molar-refractivity contribution in [3.63, 3.8) is 0 Å². The van der Waals surface area contributed by atoms with Gasteiger partial charge in [-0.2, -0.15) is 13.2 Å². The molecule has 2 atom stereocenters. The number of carbonyl (C=O) groups is 1. The van der Waals surface area contributed by atoms with Crippen LogP contribution in [0.3, 0.4) is 0 Å². The Morgan fingerprint density at radius 3 is 2.27 bits per heavy atom. The standard InChI is InChI=1S/C30H35F4N7O3/c1-5-39-17-22(23(11-27(39)42)30(32,33)34)28(43)37-25-10-21(20-13-35-29(36-14-20)40-6-8-44-9-7-40)24(31)12-26(25)41-15-18(2)38(4)19(3)16-41/h10-14,17-19H,5-9,15-16H2,1-4H3,(H,37,43)/t18-,19+. The van der Waals surface area contributed by atoms with Gasteiger partial charge in [-0.1, -0.05) is 0 Å². The van der Waals surface area contributed by atoms with E-state index in [1.165, 1.54) is 24.5 Å². The fraction of sp³-hybridized carbons (Fsp3) is 0.467. The molecular formula is C30H35F4N7O3. The molecule has 4 heterocycles. The fourth-order valence-corrected chi connectivity index (χ4v) is 5.56. The number of likely N-dealkylation sites (N-methyl/N-ethyl adjacent to an activating group) is 1. The minimum absolute atomic E-state index is 0.0702. The van der Waals surface area contributed by atoms with Gasteiger partial charge in [0, 0.05) is 80.6 Å². The number of aromatic nitrogens is 3. The molecule has 3 aromatic rings. The van der Waals surface area contributed by atoms with Crippen LogP contribution in [0.15, 0.2) is 41.6 Å². The zero-order valence-electron chi connectivity index (χ0n) is 25.0. The molecule has 2 fully saturated rings. The molecule has 1 aromatic carbocycles. The lowest BCUT2D eigenvalue weighted by atomic mass is 10.0. The Balaban J connectivity index is 1.57. The number of morpholine rings is 1. The summed E-state index contributed by atoms with van der Waals surface area (Å²) in [6.45, 7) is 8.99. The molecule has 0 aliphatic carbocycles. The molecule has 1 amide bonds. The summed E-state index contributed by atoms with van der Waals surface area (Å²) in [6, 6.07) is 3.26. The van der Waals surface area contributed by atoms with E-state index in [-0.39, 0.29) is 29.9 Å². The van der Waals surface area contributed by atoms with Crippen LogP contribution >= 0.6 is 0 Å². The number of nitrogens with one attached hydrogen (secondary N) is 1. The Morgan fingerprint density at radius 2 is 1.68 bits per heavy atom. The molecule has 5 rings (SSSR count). The van der Waals surface area contributed by atoms with Crippen molar-refractivity contribution in [2.45, 2.75) is 45.6 Å². The molecule has 14 heteroatoms. The van der Waals surface area contributed by atoms with Crippen molar-refractivity contribution < 1.29 is 27.1 Å². The van der Waals surface area contributed by atoms with E-state index >= 15 is 4.39 Å². The zero-order chi connectivity index (χ0) is 31.8. The SMILES string of the molecule is CCn1cc(C(=O)Nc2cc(-c3cnc(N4CCOCC4)nc3)c(F)cc2N2C[C@@H](C)N(C)[C@@H](C)C2)c(C(F)(F)F)cc1=O. The molecule has 2 aliphatic rings. The molecule has 2 saturated heterocycles. The third-order valence-electron chi connectivity index (χ3n) is 8.29. The number of ether oxygens (including phenoxy) is 1. The van der Waals surface area contributed by atoms with Gasteiger partial charge < -0.3 is 24.4 Å². The van der Waals surface area contributed by atoms with Crippen LogP contribution in [-0.2, 0) is 17.5 Å². The van der Waals surface area contributed by atoms with E-state index < -0.39 is 34.6 Å². The minimum Gasteiger partial charge on any atom is -0.378 e. The third-order valence-corrected chi connectivity index (χ3v) is 8.29. The van der Waals surface area contributed by atoms with Crippen molar-refractivity contribution in [2.75, 3.05) is 61.6 Å². The van der Waals surface area contributed by atoms with Crippen LogP contribution in [0.1, 0.15) is 36.7 Å². The summed E-state index contributed by atoms with van der Waals surface area (Å²) < 4.78 is 64.0. The average molecular weight is 618 g/mol. The summed E-state index contributed by atoms with van der Waals surface area (Å²) in [5.74, 6) is -1.21. The van der Waals surface area contributed by atoms with Crippen molar-refractivity contribution in [3.05, 3.63) is 64.1 Å². The highest BCUT2D eigenvalue weighted by atomic mass is 19.4. The lowest BCUT2D eigenvalue weighted by Gasteiger charge is -2.44. The lowest BCUT2D eigenvalue weighted by Crippen LogP contribution is -2.55. The molecule has 0 radical (unpaired) electrons. The molecule has 0 saturated carbocycles. The Labute approximate surface area is 252 Å². The Morgan fingerprint density at radius 1 is 1.05 bits per heavy atom. The summed E-state index contributed by atoms with van der Waals surface area (Å²) in [5.41, 5.74) is -2.08. The highest BCUT2D eigenvalue weighted by Crippen LogP contribution is 2.37. The van der Waals surface area contributed by atoms with Crippen LogP contribution in [0.4, 0.5) is 34.9 Å². The molecule has 2 aliphatic heterocycles. The second-order valence-electron chi connectivity index (χ2n) is 11.2. The van der Waals surface area contributed by atoms with E-state index in [4.69, 9.17) is 4.74 Å². The number of rotatable bonds is 6. The van der Waals surface area contributed by atoms with Gasteiger partial charge in [0.05, 0.1) is 35.7 Å². The molecule has 0 spiro atoms. The first kappa shape index (κ1) is 31.4. The largest absolute Gasteiger partial charge is 0.417 e. The van der Waals surface area contributed by atoms with E-state index in [2.05, 4.69) is 20.2 Å². The van der Waals surface area contributed by atoms with Crippen LogP contribution in [0.25, 0.3) is 11.1 Å². The topological polar surface area (TPSA) is 95.8 Å². The number of piperazine rings is 1. The van der Waals surface area contributed by atoms with Gasteiger partial charge in [0.2, 0.25) is 5.95 Å². The first-order chi connectivity index (χ1) is 20.9. The van der Waals surface area contributed by atoms with Crippen LogP contribution in [0.5, 0.6) is 0 Å². The molecule has 0 bridgehead atoms. The third kappa shape index (κ3) is 6.41. The van der Waals surface area contributed by atoms with Gasteiger partial charge in [0.15, 0.2) is 0 Å². The number of hydrogen-bond donors (Lipinski definition) is 1. The van der Waals surface area contributed by atoms with Gasteiger partial charge in [-0.05, 0) is 40.0 Å². The summed E-state index contributed by atoms with van der Waals surface area (Å²) in [4.78, 5) is 40.6. The first-order valence-electron chi connectivity index (χ1n) is 14.5. The van der Waals surface area contributed by atoms with Crippen molar-refractivity contribution in [3.8, 4) is 11.1 Å². The van der Waals surface area contributed by atoms with E-state index in [9.17, 15) is 22.8 Å². The van der Waals surface area contributed by atoms with Crippen LogP contribution in [0, 0.1) is 5.82 Å². The number of halogens is 4. The van der Waals surface area contributed by atoms with E-state index in [1.54, 1.807) is 6.92 Å². The van der Waals surface area contributed by atoms with Crippen molar-refractivity contribution in [1.29, 1.82) is 0 Å². The number of hydrogen-bond acceptors (Lipinski definition) is 8. The summed E-state index contributed by atoms with van der Waals surface area (Å²) >= 11 is 0. The lowest BCUT2D eigenvalue weighted by molar-refractivity contribution is -0.138. The maximum Gasteiger partial charge on any atom is 0.417 e. The fourth-order valence-electron chi connectivity index (χ4n) is 5.56. The van der Waals surface area contributed by atoms with Gasteiger partial charge in [-0.25, -0.2) is 14.4 Å². The van der Waals surface area contributed by atoms with Crippen molar-refractivity contribution in [2.24, 2.45) is 0 Å². The van der Waals surface area contributed by atoms with Crippen LogP contribution < -0.4 is 20.7 Å². The first-order valence-corrected chi connectivity index (χ1v) is 14.5. The summed E-state index contributed by atoms with van der Waals surface area (Å²) in [7, 11) is 1.99. The number of pyridine rings is 1. The Bertz CT molecular complexity index is 1560. The smallest absolute Gasteiger partial charge is 0.378 e. The molecular weight excluding hydrogens is 582 g/mol. The summed E-state index contributed by atoms with van der Waals surface area (Å²) in [5, 5.41) is 2.61. The van der Waals surface area contributed by atoms with Gasteiger partial charge in [0.1, 0.15) is 5.82 Å². The number of anilines is 3. The number of benzene rings is 1. The Hall–Kier alpha value is -4.04. The zero-order valence-corrected chi connectivity index (χ0v) is 25.0. The average Bonchev–Trinajstić information content (AvgIpc) is 3.00. The molecule has 10 nitrogen and oxygen atoms in total. The quantitative estimate of drug-likeness (QED) is 0.414. The number of amides is 1. The normalized spacial score (nSPS) is 19.7. The van der Waals surface area contributed by atoms with Crippen LogP contribution in [-0.4, -0.2) is 83.9 Å². The monoisotopic (exact) mass is 617 g/mol. The maximum atomic E-state index is 15.8. The van der Waals surface area contributed by atoms with Gasteiger partial charge in [0.25, 0.3) is 11.5 Å². The minimum atomic E-state index is -4.95. The Kier molecular flexibility index (Phi) is 8.93. The number of carbonyl (C=O) groups excluding carboxylic acids is 1. The summed E-state index contributed by atoms with van der Waals surface area (Å²) in [6.07, 6.45) is -1.10. The molecule has 0 unspecified atom stereocenters. The molecule has 44 heavy (non-hydrogen) atoms. The number of alkyl halides is 3. The molecule has 1 N–H and O–H groups in total. The van der Waals surface area contributed by atoms with E-state index in [0.29, 0.717) is 62.7 Å². The van der Waals surface area contributed by atoms with Gasteiger partial charge in [-0.15, -0.1) is 0 Å². The van der Waals surface area contributed by atoms with Crippen molar-refractivity contribution in [1.82, 2.24) is 19.4 Å². The molecule has 236 valence electrons.